The van der Waals surface area contributed by atoms with Crippen LogP contribution < -0.4 is 0 Å². The van der Waals surface area contributed by atoms with Crippen LogP contribution in [-0.4, -0.2) is 11.4 Å². The SMILES string of the molecule is CCC/C=C/CCc1ccccc1N=C(CC)C(CCCCCC)=Nc1ccccc1CC/C=C/CCC.[Ni]. The molecule has 0 aliphatic heterocycles. The van der Waals surface area contributed by atoms with Crippen LogP contribution in [-0.2, 0) is 29.3 Å². The molecule has 0 radical (unpaired) electrons. The van der Waals surface area contributed by atoms with Gasteiger partial charge < -0.3 is 0 Å². The van der Waals surface area contributed by atoms with Crippen LogP contribution in [0.25, 0.3) is 0 Å². The molecule has 3 heteroatoms. The minimum atomic E-state index is 0. The van der Waals surface area contributed by atoms with Crippen LogP contribution in [0.4, 0.5) is 11.4 Å². The second-order valence-corrected chi connectivity index (χ2v) is 10.1. The van der Waals surface area contributed by atoms with Gasteiger partial charge in [-0.3, -0.25) is 9.98 Å². The van der Waals surface area contributed by atoms with Crippen LogP contribution in [0.3, 0.4) is 0 Å². The summed E-state index contributed by atoms with van der Waals surface area (Å²) < 4.78 is 0. The maximum atomic E-state index is 5.31. The molecule has 2 rings (SSSR count). The molecule has 0 atom stereocenters. The Balaban J connectivity index is 0.00000760. The van der Waals surface area contributed by atoms with Gasteiger partial charge in [0.25, 0.3) is 0 Å². The first-order valence-corrected chi connectivity index (χ1v) is 15.3. The number of aryl methyl sites for hydroxylation is 2. The summed E-state index contributed by atoms with van der Waals surface area (Å²) in [5.41, 5.74) is 7.16. The predicted molar refractivity (Wildman–Crippen MR) is 171 cm³/mol. The molecule has 0 N–H and O–H groups in total. The maximum Gasteiger partial charge on any atom is 0.0665 e. The third kappa shape index (κ3) is 14.1. The first-order chi connectivity index (χ1) is 18.7. The van der Waals surface area contributed by atoms with Gasteiger partial charge >= 0.3 is 0 Å². The second-order valence-electron chi connectivity index (χ2n) is 10.1. The van der Waals surface area contributed by atoms with Crippen molar-refractivity contribution in [1.29, 1.82) is 0 Å². The molecule has 0 unspecified atom stereocenters. The number of hydrogen-bond acceptors (Lipinski definition) is 2. The first kappa shape index (κ1) is 34.8. The van der Waals surface area contributed by atoms with E-state index in [1.165, 1.54) is 43.2 Å². The summed E-state index contributed by atoms with van der Waals surface area (Å²) in [4.78, 5) is 10.6. The van der Waals surface area contributed by atoms with Gasteiger partial charge in [0, 0.05) is 16.5 Å². The van der Waals surface area contributed by atoms with Gasteiger partial charge in [0.2, 0.25) is 0 Å². The molecule has 39 heavy (non-hydrogen) atoms. The van der Waals surface area contributed by atoms with Crippen LogP contribution in [0.15, 0.2) is 82.8 Å². The topological polar surface area (TPSA) is 24.7 Å². The van der Waals surface area contributed by atoms with Gasteiger partial charge in [-0.1, -0.05) is 121 Å². The number of unbranched alkanes of at least 4 members (excludes halogenated alkanes) is 5. The van der Waals surface area contributed by atoms with Crippen molar-refractivity contribution in [2.45, 2.75) is 118 Å². The van der Waals surface area contributed by atoms with Crippen molar-refractivity contribution >= 4 is 22.8 Å². The van der Waals surface area contributed by atoms with E-state index >= 15 is 0 Å². The molecule has 2 aromatic rings. The van der Waals surface area contributed by atoms with E-state index < -0.39 is 0 Å². The molecule has 0 spiro atoms. The molecule has 0 amide bonds. The van der Waals surface area contributed by atoms with E-state index in [1.54, 1.807) is 0 Å². The predicted octanol–water partition coefficient (Wildman–Crippen LogP) is 11.5. The molecule has 216 valence electrons. The largest absolute Gasteiger partial charge is 0.251 e. The van der Waals surface area contributed by atoms with Gasteiger partial charge in [0.1, 0.15) is 0 Å². The van der Waals surface area contributed by atoms with E-state index in [-0.39, 0.29) is 16.5 Å². The Morgan fingerprint density at radius 3 is 1.54 bits per heavy atom. The third-order valence-electron chi connectivity index (χ3n) is 6.83. The standard InChI is InChI=1S/C36H52N2.Ni/c1-5-9-12-15-17-24-31-26-20-22-28-34(31)37-33(8-4)36(30-19-14-11-7-3)38-35-29-23-21-27-32(35)25-18-16-13-10-6-2;/h12-13,15-16,20-23,26-29H,5-11,14,17-19,24-25,30H2,1-4H3;/b15-12+,16-13+,37-33?,38-36?;. The maximum absolute atomic E-state index is 5.31. The van der Waals surface area contributed by atoms with Crippen molar-refractivity contribution in [3.05, 3.63) is 84.0 Å². The van der Waals surface area contributed by atoms with E-state index in [1.807, 2.05) is 0 Å². The summed E-state index contributed by atoms with van der Waals surface area (Å²) >= 11 is 0. The summed E-state index contributed by atoms with van der Waals surface area (Å²) in [5, 5.41) is 0. The van der Waals surface area contributed by atoms with Crippen LogP contribution in [0.5, 0.6) is 0 Å². The summed E-state index contributed by atoms with van der Waals surface area (Å²) in [6.45, 7) is 8.95. The molecule has 0 aliphatic rings. The number of nitrogens with zero attached hydrogens (tertiary/aromatic N) is 2. The summed E-state index contributed by atoms with van der Waals surface area (Å²) in [5.74, 6) is 0. The Kier molecular flexibility index (Phi) is 20.1. The quantitative estimate of drug-likeness (QED) is 0.0694. The minimum Gasteiger partial charge on any atom is -0.251 e. The average Bonchev–Trinajstić information content (AvgIpc) is 2.94. The summed E-state index contributed by atoms with van der Waals surface area (Å²) in [7, 11) is 0. The van der Waals surface area contributed by atoms with E-state index in [0.29, 0.717) is 0 Å². The fourth-order valence-electron chi connectivity index (χ4n) is 4.57. The van der Waals surface area contributed by atoms with E-state index in [0.717, 1.165) is 80.6 Å². The number of aliphatic imine (C=N–C) groups is 2. The smallest absolute Gasteiger partial charge is 0.0665 e. The molecule has 0 saturated heterocycles. The number of allylic oxidation sites excluding steroid dienone is 4. The molecular weight excluding hydrogens is 519 g/mol. The van der Waals surface area contributed by atoms with Crippen molar-refractivity contribution in [3.63, 3.8) is 0 Å². The van der Waals surface area contributed by atoms with Crippen molar-refractivity contribution in [2.75, 3.05) is 0 Å². The van der Waals surface area contributed by atoms with Crippen molar-refractivity contribution in [1.82, 2.24) is 0 Å². The Labute approximate surface area is 250 Å². The van der Waals surface area contributed by atoms with Crippen LogP contribution in [0.1, 0.15) is 116 Å². The first-order valence-electron chi connectivity index (χ1n) is 15.3. The van der Waals surface area contributed by atoms with E-state index in [4.69, 9.17) is 9.98 Å². The monoisotopic (exact) mass is 570 g/mol. The van der Waals surface area contributed by atoms with Gasteiger partial charge in [-0.15, -0.1) is 0 Å². The molecule has 0 aliphatic carbocycles. The molecular formula is C36H52N2Ni. The van der Waals surface area contributed by atoms with Crippen LogP contribution in [0, 0.1) is 0 Å². The third-order valence-corrected chi connectivity index (χ3v) is 6.83. The van der Waals surface area contributed by atoms with Gasteiger partial charge in [-0.25, -0.2) is 0 Å². The van der Waals surface area contributed by atoms with Crippen LogP contribution >= 0.6 is 0 Å². The Morgan fingerprint density at radius 1 is 0.564 bits per heavy atom. The van der Waals surface area contributed by atoms with Gasteiger partial charge in [0.05, 0.1) is 22.8 Å². The number of benzene rings is 2. The van der Waals surface area contributed by atoms with E-state index in [2.05, 4.69) is 101 Å². The van der Waals surface area contributed by atoms with E-state index in [9.17, 15) is 0 Å². The minimum absolute atomic E-state index is 0. The van der Waals surface area contributed by atoms with Crippen LogP contribution in [0.2, 0.25) is 0 Å². The van der Waals surface area contributed by atoms with Gasteiger partial charge in [0.15, 0.2) is 0 Å². The Hall–Kier alpha value is -2.25. The van der Waals surface area contributed by atoms with Crippen molar-refractivity contribution in [3.8, 4) is 0 Å². The van der Waals surface area contributed by atoms with Gasteiger partial charge in [-0.05, 0) is 81.0 Å². The number of hydrogen-bond donors (Lipinski definition) is 0. The summed E-state index contributed by atoms with van der Waals surface area (Å²) in [6, 6.07) is 17.3. The van der Waals surface area contributed by atoms with Crippen molar-refractivity contribution < 1.29 is 16.5 Å². The molecule has 2 aromatic carbocycles. The molecule has 0 heterocycles. The normalized spacial score (nSPS) is 12.4. The average molecular weight is 572 g/mol. The fraction of sp³-hybridized carbons (Fsp3) is 0.500. The molecule has 0 fully saturated rings. The Bertz CT molecular complexity index is 1030. The zero-order valence-electron chi connectivity index (χ0n) is 25.0. The number of para-hydroxylation sites is 2. The summed E-state index contributed by atoms with van der Waals surface area (Å²) in [6.07, 6.45) is 25.0. The fourth-order valence-corrected chi connectivity index (χ4v) is 4.57. The zero-order chi connectivity index (χ0) is 27.3. The molecule has 0 aromatic heterocycles. The zero-order valence-corrected chi connectivity index (χ0v) is 26.0. The van der Waals surface area contributed by atoms with Gasteiger partial charge in [-0.2, -0.15) is 0 Å². The second kappa shape index (κ2) is 22.6. The molecule has 0 saturated carbocycles. The molecule has 2 nitrogen and oxygen atoms in total. The van der Waals surface area contributed by atoms with Crippen molar-refractivity contribution in [2.24, 2.45) is 9.98 Å². The molecule has 0 bridgehead atoms. The number of rotatable bonds is 19. The Morgan fingerprint density at radius 2 is 1.05 bits per heavy atom.